The smallest absolute Gasteiger partial charge is 0.231 e. The van der Waals surface area contributed by atoms with Gasteiger partial charge in [0.25, 0.3) is 0 Å². The van der Waals surface area contributed by atoms with E-state index in [9.17, 15) is 9.59 Å². The standard InChI is InChI=1S/C15H17NO3/c1-9-3-6-13(19-9)15(18)10-4-5-12-11(7-10)8-14(17)16(12)2/h4-5,7,9,13H,3,6,8H2,1-2H3. The van der Waals surface area contributed by atoms with E-state index in [1.807, 2.05) is 19.1 Å². The van der Waals surface area contributed by atoms with E-state index in [1.165, 1.54) is 0 Å². The van der Waals surface area contributed by atoms with Crippen molar-refractivity contribution in [2.24, 2.45) is 0 Å². The molecule has 0 radical (unpaired) electrons. The molecule has 2 heterocycles. The third kappa shape index (κ3) is 2.06. The molecule has 0 aliphatic carbocycles. The zero-order chi connectivity index (χ0) is 13.6. The topological polar surface area (TPSA) is 46.6 Å². The van der Waals surface area contributed by atoms with Crippen LogP contribution in [0, 0.1) is 0 Å². The van der Waals surface area contributed by atoms with Gasteiger partial charge < -0.3 is 9.64 Å². The second kappa shape index (κ2) is 4.46. The fourth-order valence-electron chi connectivity index (χ4n) is 2.80. The van der Waals surface area contributed by atoms with Crippen LogP contribution < -0.4 is 4.90 Å². The van der Waals surface area contributed by atoms with Gasteiger partial charge in [-0.2, -0.15) is 0 Å². The monoisotopic (exact) mass is 259 g/mol. The van der Waals surface area contributed by atoms with Gasteiger partial charge in [0.15, 0.2) is 5.78 Å². The van der Waals surface area contributed by atoms with Gasteiger partial charge in [-0.3, -0.25) is 9.59 Å². The zero-order valence-electron chi connectivity index (χ0n) is 11.2. The largest absolute Gasteiger partial charge is 0.367 e. The molecule has 0 aromatic heterocycles. The molecule has 1 saturated heterocycles. The molecule has 0 spiro atoms. The Balaban J connectivity index is 1.85. The third-order valence-corrected chi connectivity index (χ3v) is 3.97. The van der Waals surface area contributed by atoms with Crippen LogP contribution in [0.2, 0.25) is 0 Å². The maximum absolute atomic E-state index is 12.3. The van der Waals surface area contributed by atoms with Crippen molar-refractivity contribution in [1.82, 2.24) is 0 Å². The first kappa shape index (κ1) is 12.4. The van der Waals surface area contributed by atoms with Gasteiger partial charge in [-0.1, -0.05) is 0 Å². The Labute approximate surface area is 112 Å². The van der Waals surface area contributed by atoms with E-state index in [4.69, 9.17) is 4.74 Å². The lowest BCUT2D eigenvalue weighted by molar-refractivity contribution is -0.117. The molecule has 4 heteroatoms. The lowest BCUT2D eigenvalue weighted by Gasteiger charge is -2.12. The second-order valence-corrected chi connectivity index (χ2v) is 5.35. The average Bonchev–Trinajstić information content (AvgIpc) is 2.94. The van der Waals surface area contributed by atoms with E-state index < -0.39 is 0 Å². The highest BCUT2D eigenvalue weighted by atomic mass is 16.5. The lowest BCUT2D eigenvalue weighted by atomic mass is 10.0. The molecule has 1 aromatic rings. The van der Waals surface area contributed by atoms with Crippen molar-refractivity contribution in [1.29, 1.82) is 0 Å². The number of anilines is 1. The first-order valence-electron chi connectivity index (χ1n) is 6.65. The summed E-state index contributed by atoms with van der Waals surface area (Å²) in [7, 11) is 1.76. The minimum Gasteiger partial charge on any atom is -0.367 e. The van der Waals surface area contributed by atoms with E-state index in [0.29, 0.717) is 12.0 Å². The van der Waals surface area contributed by atoms with E-state index in [1.54, 1.807) is 18.0 Å². The van der Waals surface area contributed by atoms with Crippen LogP contribution >= 0.6 is 0 Å². The molecular weight excluding hydrogens is 242 g/mol. The normalized spacial score (nSPS) is 25.8. The summed E-state index contributed by atoms with van der Waals surface area (Å²) in [6, 6.07) is 5.49. The molecule has 2 aliphatic rings. The number of ketones is 1. The van der Waals surface area contributed by atoms with Crippen molar-refractivity contribution in [2.45, 2.75) is 38.4 Å². The highest BCUT2D eigenvalue weighted by Crippen LogP contribution is 2.30. The molecule has 4 nitrogen and oxygen atoms in total. The number of ether oxygens (including phenoxy) is 1. The Morgan fingerprint density at radius 3 is 2.84 bits per heavy atom. The van der Waals surface area contributed by atoms with Crippen LogP contribution in [0.5, 0.6) is 0 Å². The van der Waals surface area contributed by atoms with Gasteiger partial charge in [0, 0.05) is 18.3 Å². The Morgan fingerprint density at radius 2 is 2.16 bits per heavy atom. The summed E-state index contributed by atoms with van der Waals surface area (Å²) >= 11 is 0. The van der Waals surface area contributed by atoms with E-state index in [-0.39, 0.29) is 23.9 Å². The molecule has 3 rings (SSSR count). The summed E-state index contributed by atoms with van der Waals surface area (Å²) in [5, 5.41) is 0. The predicted molar refractivity (Wildman–Crippen MR) is 71.5 cm³/mol. The molecule has 100 valence electrons. The minimum absolute atomic E-state index is 0.0363. The number of carbonyl (C=O) groups excluding carboxylic acids is 2. The number of likely N-dealkylation sites (N-methyl/N-ethyl adjacent to an activating group) is 1. The fourth-order valence-corrected chi connectivity index (χ4v) is 2.80. The van der Waals surface area contributed by atoms with Crippen LogP contribution in [-0.4, -0.2) is 30.9 Å². The quantitative estimate of drug-likeness (QED) is 0.763. The first-order chi connectivity index (χ1) is 9.06. The van der Waals surface area contributed by atoms with E-state index in [0.717, 1.165) is 24.1 Å². The van der Waals surface area contributed by atoms with Gasteiger partial charge in [-0.15, -0.1) is 0 Å². The van der Waals surface area contributed by atoms with Crippen LogP contribution in [0.1, 0.15) is 35.7 Å². The molecule has 2 aliphatic heterocycles. The maximum Gasteiger partial charge on any atom is 0.231 e. The van der Waals surface area contributed by atoms with Crippen molar-refractivity contribution in [2.75, 3.05) is 11.9 Å². The molecule has 19 heavy (non-hydrogen) atoms. The zero-order valence-corrected chi connectivity index (χ0v) is 11.2. The van der Waals surface area contributed by atoms with Crippen molar-refractivity contribution in [3.05, 3.63) is 29.3 Å². The predicted octanol–water partition coefficient (Wildman–Crippen LogP) is 1.96. The number of fused-ring (bicyclic) bond motifs is 1. The molecule has 0 bridgehead atoms. The Morgan fingerprint density at radius 1 is 1.37 bits per heavy atom. The van der Waals surface area contributed by atoms with Gasteiger partial charge in [-0.25, -0.2) is 0 Å². The third-order valence-electron chi connectivity index (χ3n) is 3.97. The molecule has 1 aromatic carbocycles. The summed E-state index contributed by atoms with van der Waals surface area (Å²) in [6.07, 6.45) is 1.95. The number of rotatable bonds is 2. The number of hydrogen-bond acceptors (Lipinski definition) is 3. The number of carbonyl (C=O) groups is 2. The molecule has 0 saturated carbocycles. The number of hydrogen-bond donors (Lipinski definition) is 0. The summed E-state index contributed by atoms with van der Waals surface area (Å²) in [5.74, 6) is 0.111. The summed E-state index contributed by atoms with van der Waals surface area (Å²) in [6.45, 7) is 1.99. The minimum atomic E-state index is -0.317. The summed E-state index contributed by atoms with van der Waals surface area (Å²) in [4.78, 5) is 25.6. The highest BCUT2D eigenvalue weighted by molar-refractivity contribution is 6.04. The fraction of sp³-hybridized carbons (Fsp3) is 0.467. The van der Waals surface area contributed by atoms with Crippen LogP contribution in [0.15, 0.2) is 18.2 Å². The lowest BCUT2D eigenvalue weighted by Crippen LogP contribution is -2.21. The molecule has 0 N–H and O–H groups in total. The van der Waals surface area contributed by atoms with Crippen LogP contribution in [0.3, 0.4) is 0 Å². The van der Waals surface area contributed by atoms with Crippen molar-refractivity contribution >= 4 is 17.4 Å². The Hall–Kier alpha value is -1.68. The van der Waals surface area contributed by atoms with Crippen molar-refractivity contribution in [3.8, 4) is 0 Å². The molecule has 1 fully saturated rings. The van der Waals surface area contributed by atoms with E-state index >= 15 is 0 Å². The van der Waals surface area contributed by atoms with Gasteiger partial charge >= 0.3 is 0 Å². The van der Waals surface area contributed by atoms with Crippen LogP contribution in [0.4, 0.5) is 5.69 Å². The second-order valence-electron chi connectivity index (χ2n) is 5.35. The maximum atomic E-state index is 12.3. The molecule has 2 unspecified atom stereocenters. The van der Waals surface area contributed by atoms with Crippen molar-refractivity contribution < 1.29 is 14.3 Å². The SMILES string of the molecule is CC1CCC(C(=O)c2ccc3c(c2)CC(=O)N3C)O1. The Bertz CT molecular complexity index is 552. The van der Waals surface area contributed by atoms with E-state index in [2.05, 4.69) is 0 Å². The van der Waals surface area contributed by atoms with Gasteiger partial charge in [0.1, 0.15) is 6.10 Å². The number of nitrogens with zero attached hydrogens (tertiary/aromatic N) is 1. The van der Waals surface area contributed by atoms with Gasteiger partial charge in [0.05, 0.1) is 12.5 Å². The molecular formula is C15H17NO3. The summed E-state index contributed by atoms with van der Waals surface area (Å²) in [5.41, 5.74) is 2.49. The molecule has 1 amide bonds. The highest BCUT2D eigenvalue weighted by Gasteiger charge is 2.30. The molecule has 2 atom stereocenters. The van der Waals surface area contributed by atoms with Gasteiger partial charge in [-0.05, 0) is 43.5 Å². The van der Waals surface area contributed by atoms with Crippen molar-refractivity contribution in [3.63, 3.8) is 0 Å². The number of benzene rings is 1. The van der Waals surface area contributed by atoms with Crippen LogP contribution in [0.25, 0.3) is 0 Å². The van der Waals surface area contributed by atoms with Gasteiger partial charge in [0.2, 0.25) is 5.91 Å². The van der Waals surface area contributed by atoms with Crippen LogP contribution in [-0.2, 0) is 16.0 Å². The summed E-state index contributed by atoms with van der Waals surface area (Å²) < 4.78 is 5.61. The average molecular weight is 259 g/mol. The Kier molecular flexibility index (Phi) is 2.90. The first-order valence-corrected chi connectivity index (χ1v) is 6.65. The number of Topliss-reactive ketones (excluding diaryl/α,β-unsaturated/α-hetero) is 1. The number of amides is 1.